The van der Waals surface area contributed by atoms with Gasteiger partial charge in [0.05, 0.1) is 22.2 Å². The third-order valence-electron chi connectivity index (χ3n) is 6.39. The van der Waals surface area contributed by atoms with Crippen LogP contribution >= 0.6 is 0 Å². The topological polar surface area (TPSA) is 66.8 Å². The lowest BCUT2D eigenvalue weighted by Gasteiger charge is -2.50. The predicted molar refractivity (Wildman–Crippen MR) is 109 cm³/mol. The number of amides is 1. The summed E-state index contributed by atoms with van der Waals surface area (Å²) in [6.07, 6.45) is 0.852. The Morgan fingerprint density at radius 3 is 2.44 bits per heavy atom. The zero-order valence-corrected chi connectivity index (χ0v) is 18.7. The molecule has 1 amide bonds. The van der Waals surface area contributed by atoms with Crippen LogP contribution in [-0.4, -0.2) is 52.1 Å². The van der Waals surface area contributed by atoms with Gasteiger partial charge in [0.15, 0.2) is 14.0 Å². The summed E-state index contributed by atoms with van der Waals surface area (Å²) in [4.78, 5) is 14.7. The summed E-state index contributed by atoms with van der Waals surface area (Å²) in [5.41, 5.74) is -1.51. The number of benzene rings is 1. The number of carbonyl (C=O) groups excluding carboxylic acids is 1. The van der Waals surface area contributed by atoms with E-state index in [2.05, 4.69) is 33.9 Å². The van der Waals surface area contributed by atoms with Crippen molar-refractivity contribution in [3.8, 4) is 0 Å². The second-order valence-electron chi connectivity index (χ2n) is 9.12. The van der Waals surface area contributed by atoms with Gasteiger partial charge in [0.25, 0.3) is 0 Å². The second kappa shape index (κ2) is 7.10. The van der Waals surface area contributed by atoms with Crippen LogP contribution in [0.4, 0.5) is 0 Å². The molecule has 1 aromatic carbocycles. The first-order chi connectivity index (χ1) is 12.5. The molecule has 2 heterocycles. The Hall–Kier alpha value is -1.02. The average Bonchev–Trinajstić information content (AvgIpc) is 2.96. The molecule has 0 aromatic heterocycles. The molecule has 7 heteroatoms. The highest BCUT2D eigenvalue weighted by molar-refractivity contribution is 7.85. The second-order valence-corrected chi connectivity index (χ2v) is 15.5. The van der Waals surface area contributed by atoms with Gasteiger partial charge in [-0.05, 0) is 43.1 Å². The number of aliphatic hydroxyl groups is 1. The van der Waals surface area contributed by atoms with Crippen molar-refractivity contribution >= 4 is 25.0 Å². The van der Waals surface area contributed by atoms with Crippen molar-refractivity contribution in [3.05, 3.63) is 30.3 Å². The third-order valence-corrected chi connectivity index (χ3v) is 12.7. The maximum Gasteiger partial charge on any atom is 0.225 e. The summed E-state index contributed by atoms with van der Waals surface area (Å²) in [5, 5.41) is 11.2. The number of fused-ring (bicyclic) bond motifs is 1. The fourth-order valence-electron chi connectivity index (χ4n) is 3.78. The van der Waals surface area contributed by atoms with E-state index in [1.54, 1.807) is 0 Å². The monoisotopic (exact) mass is 409 g/mol. The van der Waals surface area contributed by atoms with Gasteiger partial charge >= 0.3 is 0 Å². The van der Waals surface area contributed by atoms with Gasteiger partial charge in [0.2, 0.25) is 5.91 Å². The molecule has 2 saturated heterocycles. The highest BCUT2D eigenvalue weighted by Crippen LogP contribution is 2.45. The summed E-state index contributed by atoms with van der Waals surface area (Å²) in [7, 11) is -3.57. The molecule has 0 saturated carbocycles. The van der Waals surface area contributed by atoms with E-state index in [4.69, 9.17) is 4.43 Å². The molecule has 3 rings (SSSR count). The van der Waals surface area contributed by atoms with E-state index in [0.717, 1.165) is 0 Å². The van der Waals surface area contributed by atoms with Gasteiger partial charge in [-0.15, -0.1) is 0 Å². The Bertz CT molecular complexity index is 733. The van der Waals surface area contributed by atoms with Gasteiger partial charge < -0.3 is 14.4 Å². The maximum absolute atomic E-state index is 13.3. The molecule has 1 aromatic rings. The predicted octanol–water partition coefficient (Wildman–Crippen LogP) is 3.27. The van der Waals surface area contributed by atoms with Crippen LogP contribution in [0.25, 0.3) is 0 Å². The van der Waals surface area contributed by atoms with Crippen LogP contribution in [0.2, 0.25) is 18.1 Å². The Labute approximate surface area is 165 Å². The van der Waals surface area contributed by atoms with E-state index in [1.807, 2.05) is 30.3 Å². The number of hydrogen-bond acceptors (Lipinski definition) is 4. The van der Waals surface area contributed by atoms with Gasteiger partial charge in [-0.3, -0.25) is 9.00 Å². The van der Waals surface area contributed by atoms with E-state index in [0.29, 0.717) is 30.7 Å². The summed E-state index contributed by atoms with van der Waals surface area (Å²) in [6.45, 7) is 11.2. The van der Waals surface area contributed by atoms with Crippen LogP contribution in [0.1, 0.15) is 40.0 Å². The molecule has 3 unspecified atom stereocenters. The minimum atomic E-state index is -2.16. The van der Waals surface area contributed by atoms with Crippen LogP contribution in [0.3, 0.4) is 0 Å². The lowest BCUT2D eigenvalue weighted by atomic mass is 9.94. The molecule has 0 aliphatic carbocycles. The van der Waals surface area contributed by atoms with Crippen molar-refractivity contribution in [1.29, 1.82) is 0 Å². The molecule has 1 N–H and O–H groups in total. The van der Waals surface area contributed by atoms with Gasteiger partial charge in [-0.1, -0.05) is 39.0 Å². The SMILES string of the molecule is CC(C)(C)[Si](C)(C)O[C@H]1CCC(=O)N2CCC(S(=O)c3ccccc3)C12O. The van der Waals surface area contributed by atoms with Crippen molar-refractivity contribution in [2.45, 2.75) is 80.1 Å². The van der Waals surface area contributed by atoms with Crippen LogP contribution < -0.4 is 0 Å². The molecular formula is C20H31NO4SSi. The molecule has 2 aliphatic rings. The largest absolute Gasteiger partial charge is 0.409 e. The number of hydrogen-bond donors (Lipinski definition) is 1. The fourth-order valence-corrected chi connectivity index (χ4v) is 6.80. The number of piperidine rings is 1. The Balaban J connectivity index is 1.96. The van der Waals surface area contributed by atoms with Crippen LogP contribution in [0.15, 0.2) is 35.2 Å². The first-order valence-corrected chi connectivity index (χ1v) is 13.8. The van der Waals surface area contributed by atoms with E-state index in [9.17, 15) is 14.1 Å². The smallest absolute Gasteiger partial charge is 0.225 e. The highest BCUT2D eigenvalue weighted by Gasteiger charge is 2.61. The summed E-state index contributed by atoms with van der Waals surface area (Å²) < 4.78 is 19.9. The maximum atomic E-state index is 13.3. The quantitative estimate of drug-likeness (QED) is 0.775. The lowest BCUT2D eigenvalue weighted by molar-refractivity contribution is -0.187. The van der Waals surface area contributed by atoms with Crippen LogP contribution in [0.5, 0.6) is 0 Å². The highest BCUT2D eigenvalue weighted by atomic mass is 32.2. The number of carbonyl (C=O) groups is 1. The fraction of sp³-hybridized carbons (Fsp3) is 0.650. The van der Waals surface area contributed by atoms with E-state index in [1.165, 1.54) is 4.90 Å². The van der Waals surface area contributed by atoms with Crippen LogP contribution in [0, 0.1) is 0 Å². The first kappa shape index (κ1) is 20.7. The Morgan fingerprint density at radius 2 is 1.85 bits per heavy atom. The van der Waals surface area contributed by atoms with E-state index >= 15 is 0 Å². The minimum absolute atomic E-state index is 0.0116. The van der Waals surface area contributed by atoms with Gasteiger partial charge in [-0.2, -0.15) is 0 Å². The zero-order valence-electron chi connectivity index (χ0n) is 16.9. The molecule has 2 aliphatic heterocycles. The summed E-state index contributed by atoms with van der Waals surface area (Å²) >= 11 is 0. The molecule has 150 valence electrons. The van der Waals surface area contributed by atoms with Gasteiger partial charge in [-0.25, -0.2) is 0 Å². The number of nitrogens with zero attached hydrogens (tertiary/aromatic N) is 1. The first-order valence-electron chi connectivity index (χ1n) is 9.65. The zero-order chi connectivity index (χ0) is 20.0. The molecule has 27 heavy (non-hydrogen) atoms. The summed E-state index contributed by atoms with van der Waals surface area (Å²) in [5.74, 6) is -0.0693. The van der Waals surface area contributed by atoms with Crippen molar-refractivity contribution < 1.29 is 18.5 Å². The van der Waals surface area contributed by atoms with E-state index < -0.39 is 36.2 Å². The van der Waals surface area contributed by atoms with Crippen molar-refractivity contribution in [2.24, 2.45) is 0 Å². The van der Waals surface area contributed by atoms with Crippen molar-refractivity contribution in [3.63, 3.8) is 0 Å². The molecule has 0 radical (unpaired) electrons. The Morgan fingerprint density at radius 1 is 1.22 bits per heavy atom. The molecule has 0 spiro atoms. The van der Waals surface area contributed by atoms with Gasteiger partial charge in [0, 0.05) is 17.9 Å². The van der Waals surface area contributed by atoms with Crippen molar-refractivity contribution in [1.82, 2.24) is 4.90 Å². The van der Waals surface area contributed by atoms with E-state index in [-0.39, 0.29) is 10.9 Å². The van der Waals surface area contributed by atoms with Gasteiger partial charge in [0.1, 0.15) is 0 Å². The normalized spacial score (nSPS) is 30.3. The van der Waals surface area contributed by atoms with Crippen molar-refractivity contribution in [2.75, 3.05) is 6.54 Å². The standard InChI is InChI=1S/C20H31NO4SSi/c1-19(2,3)27(4,5)25-16-11-12-18(22)21-14-13-17(20(16,21)23)26(24)15-9-7-6-8-10-15/h6-10,16-17,23H,11-14H2,1-5H3/t16-,17?,20?,26?/m0/s1. The molecule has 2 fully saturated rings. The molecule has 5 nitrogen and oxygen atoms in total. The molecular weight excluding hydrogens is 378 g/mol. The molecule has 4 atom stereocenters. The Kier molecular flexibility index (Phi) is 5.44. The third kappa shape index (κ3) is 3.55. The number of rotatable bonds is 4. The molecule has 0 bridgehead atoms. The lowest BCUT2D eigenvalue weighted by Crippen LogP contribution is -2.66. The minimum Gasteiger partial charge on any atom is -0.409 e. The summed E-state index contributed by atoms with van der Waals surface area (Å²) in [6, 6.07) is 9.20. The average molecular weight is 410 g/mol. The van der Waals surface area contributed by atoms with Crippen LogP contribution in [-0.2, 0) is 20.0 Å².